The summed E-state index contributed by atoms with van der Waals surface area (Å²) in [5.41, 5.74) is -0.505. The van der Waals surface area contributed by atoms with Gasteiger partial charge in [0.15, 0.2) is 0 Å². The van der Waals surface area contributed by atoms with Crippen molar-refractivity contribution in [1.29, 1.82) is 0 Å². The van der Waals surface area contributed by atoms with E-state index in [2.05, 4.69) is 5.32 Å². The molecule has 112 valence electrons. The van der Waals surface area contributed by atoms with E-state index in [0.29, 0.717) is 25.3 Å². The number of rotatable bonds is 3. The monoisotopic (exact) mass is 292 g/mol. The molecule has 0 aromatic rings. The third kappa shape index (κ3) is 6.24. The van der Waals surface area contributed by atoms with Crippen molar-refractivity contribution in [3.63, 3.8) is 0 Å². The van der Waals surface area contributed by atoms with Gasteiger partial charge in [-0.1, -0.05) is 0 Å². The zero-order valence-electron chi connectivity index (χ0n) is 11.8. The average molecular weight is 292 g/mol. The Morgan fingerprint density at radius 2 is 1.79 bits per heavy atom. The Morgan fingerprint density at radius 3 is 2.21 bits per heavy atom. The molecule has 1 rings (SSSR count). The molecule has 0 aromatic heterocycles. The first-order chi connectivity index (χ1) is 8.58. The molecule has 6 nitrogen and oxygen atoms in total. The topological polar surface area (TPSA) is 98.5 Å². The molecule has 1 aliphatic carbocycles. The fourth-order valence-corrected chi connectivity index (χ4v) is 3.14. The molecule has 19 heavy (non-hydrogen) atoms. The van der Waals surface area contributed by atoms with Crippen molar-refractivity contribution in [2.75, 3.05) is 6.54 Å². The second kappa shape index (κ2) is 6.09. The molecular formula is C12H24N2O4S. The van der Waals surface area contributed by atoms with Crippen LogP contribution in [-0.4, -0.2) is 31.9 Å². The summed E-state index contributed by atoms with van der Waals surface area (Å²) < 4.78 is 27.5. The van der Waals surface area contributed by atoms with Crippen molar-refractivity contribution >= 4 is 16.1 Å². The van der Waals surface area contributed by atoms with Gasteiger partial charge in [-0.2, -0.15) is 0 Å². The molecule has 1 amide bonds. The van der Waals surface area contributed by atoms with Crippen molar-refractivity contribution in [2.24, 2.45) is 11.1 Å². The number of hydrogen-bond donors (Lipinski definition) is 2. The Kier molecular flexibility index (Phi) is 5.20. The molecule has 0 spiro atoms. The Hall–Kier alpha value is -0.820. The molecule has 0 aliphatic heterocycles. The van der Waals surface area contributed by atoms with Gasteiger partial charge in [-0.3, -0.25) is 0 Å². The molecule has 0 heterocycles. The molecule has 0 aromatic carbocycles. The number of nitrogens with one attached hydrogen (secondary N) is 1. The Labute approximate surface area is 115 Å². The fourth-order valence-electron chi connectivity index (χ4n) is 2.21. The first kappa shape index (κ1) is 16.2. The van der Waals surface area contributed by atoms with Crippen molar-refractivity contribution < 1.29 is 17.9 Å². The van der Waals surface area contributed by atoms with Crippen LogP contribution in [0.1, 0.15) is 46.5 Å². The summed E-state index contributed by atoms with van der Waals surface area (Å²) in [6, 6.07) is 0. The third-order valence-electron chi connectivity index (χ3n) is 3.19. The van der Waals surface area contributed by atoms with Crippen LogP contribution in [0.2, 0.25) is 0 Å². The van der Waals surface area contributed by atoms with Crippen LogP contribution in [0.5, 0.6) is 0 Å². The molecule has 3 N–H and O–H groups in total. The molecule has 1 fully saturated rings. The maximum atomic E-state index is 11.5. The van der Waals surface area contributed by atoms with E-state index in [1.165, 1.54) is 0 Å². The minimum Gasteiger partial charge on any atom is -0.444 e. The summed E-state index contributed by atoms with van der Waals surface area (Å²) in [5.74, 6) is 0.297. The van der Waals surface area contributed by atoms with Gasteiger partial charge in [-0.25, -0.2) is 18.4 Å². The average Bonchev–Trinajstić information content (AvgIpc) is 2.23. The number of amides is 1. The van der Waals surface area contributed by atoms with E-state index in [9.17, 15) is 13.2 Å². The molecule has 1 saturated carbocycles. The van der Waals surface area contributed by atoms with Crippen LogP contribution in [0.15, 0.2) is 0 Å². The second-order valence-electron chi connectivity index (χ2n) is 6.11. The molecule has 7 heteroatoms. The zero-order chi connectivity index (χ0) is 14.7. The van der Waals surface area contributed by atoms with E-state index in [1.54, 1.807) is 0 Å². The van der Waals surface area contributed by atoms with Crippen LogP contribution in [0.25, 0.3) is 0 Å². The van der Waals surface area contributed by atoms with Crippen molar-refractivity contribution in [2.45, 2.75) is 57.3 Å². The molecule has 0 bridgehead atoms. The molecule has 0 atom stereocenters. The summed E-state index contributed by atoms with van der Waals surface area (Å²) in [6.45, 7) is 5.95. The van der Waals surface area contributed by atoms with E-state index in [0.717, 1.165) is 12.8 Å². The highest BCUT2D eigenvalue weighted by atomic mass is 32.2. The highest BCUT2D eigenvalue weighted by Crippen LogP contribution is 2.27. The Balaban J connectivity index is 2.29. The number of sulfonamides is 1. The van der Waals surface area contributed by atoms with Crippen LogP contribution in [0.4, 0.5) is 4.79 Å². The minimum atomic E-state index is -3.42. The number of carbonyl (C=O) groups is 1. The van der Waals surface area contributed by atoms with E-state index in [1.807, 2.05) is 20.8 Å². The molecule has 0 saturated heterocycles. The molecular weight excluding hydrogens is 268 g/mol. The number of hydrogen-bond acceptors (Lipinski definition) is 4. The Morgan fingerprint density at radius 1 is 1.26 bits per heavy atom. The van der Waals surface area contributed by atoms with E-state index in [-0.39, 0.29) is 0 Å². The minimum absolute atomic E-state index is 0.297. The van der Waals surface area contributed by atoms with Crippen LogP contribution < -0.4 is 10.5 Å². The summed E-state index contributed by atoms with van der Waals surface area (Å²) >= 11 is 0. The Bertz CT molecular complexity index is 406. The number of nitrogens with two attached hydrogens (primary N) is 1. The van der Waals surface area contributed by atoms with Gasteiger partial charge in [0.1, 0.15) is 5.60 Å². The summed E-state index contributed by atoms with van der Waals surface area (Å²) in [5, 5.41) is 7.42. The molecule has 0 radical (unpaired) electrons. The van der Waals surface area contributed by atoms with Gasteiger partial charge in [0, 0.05) is 6.54 Å². The summed E-state index contributed by atoms with van der Waals surface area (Å²) in [4.78, 5) is 11.5. The third-order valence-corrected chi connectivity index (χ3v) is 4.59. The largest absolute Gasteiger partial charge is 0.444 e. The first-order valence-corrected chi connectivity index (χ1v) is 8.17. The summed E-state index contributed by atoms with van der Waals surface area (Å²) in [6.07, 6.45) is 2.23. The van der Waals surface area contributed by atoms with Crippen molar-refractivity contribution in [1.82, 2.24) is 5.32 Å². The highest BCUT2D eigenvalue weighted by molar-refractivity contribution is 7.89. The number of alkyl carbamates (subject to hydrolysis) is 1. The first-order valence-electron chi connectivity index (χ1n) is 6.56. The number of ether oxygens (including phenoxy) is 1. The molecule has 1 aliphatic rings. The van der Waals surface area contributed by atoms with Gasteiger partial charge in [0.2, 0.25) is 10.0 Å². The number of primary sulfonamides is 1. The SMILES string of the molecule is CC(C)(C)OC(=O)NCC1CCC(S(N)(=O)=O)CC1. The summed E-state index contributed by atoms with van der Waals surface area (Å²) in [7, 11) is -3.42. The van der Waals surface area contributed by atoms with E-state index >= 15 is 0 Å². The lowest BCUT2D eigenvalue weighted by atomic mass is 9.89. The normalized spacial score (nSPS) is 24.8. The lowest BCUT2D eigenvalue weighted by Gasteiger charge is -2.27. The van der Waals surface area contributed by atoms with Gasteiger partial charge in [-0.15, -0.1) is 0 Å². The quantitative estimate of drug-likeness (QED) is 0.820. The maximum Gasteiger partial charge on any atom is 0.407 e. The maximum absolute atomic E-state index is 11.5. The van der Waals surface area contributed by atoms with Gasteiger partial charge < -0.3 is 10.1 Å². The van der Waals surface area contributed by atoms with Crippen molar-refractivity contribution in [3.05, 3.63) is 0 Å². The standard InChI is InChI=1S/C12H24N2O4S/c1-12(2,3)18-11(15)14-8-9-4-6-10(7-5-9)19(13,16)17/h9-10H,4-8H2,1-3H3,(H,14,15)(H2,13,16,17). The van der Waals surface area contributed by atoms with E-state index < -0.39 is 27.0 Å². The van der Waals surface area contributed by atoms with Crippen LogP contribution in [0.3, 0.4) is 0 Å². The van der Waals surface area contributed by atoms with Crippen molar-refractivity contribution in [3.8, 4) is 0 Å². The highest BCUT2D eigenvalue weighted by Gasteiger charge is 2.28. The van der Waals surface area contributed by atoms with E-state index in [4.69, 9.17) is 9.88 Å². The zero-order valence-corrected chi connectivity index (χ0v) is 12.6. The van der Waals surface area contributed by atoms with Gasteiger partial charge in [0.05, 0.1) is 5.25 Å². The van der Waals surface area contributed by atoms with Gasteiger partial charge in [-0.05, 0) is 52.4 Å². The fraction of sp³-hybridized carbons (Fsp3) is 0.917. The van der Waals surface area contributed by atoms with Gasteiger partial charge >= 0.3 is 6.09 Å². The van der Waals surface area contributed by atoms with Gasteiger partial charge in [0.25, 0.3) is 0 Å². The second-order valence-corrected chi connectivity index (χ2v) is 7.96. The predicted octanol–water partition coefficient (Wildman–Crippen LogP) is 1.36. The van der Waals surface area contributed by atoms with Crippen LogP contribution in [-0.2, 0) is 14.8 Å². The van der Waals surface area contributed by atoms with Crippen LogP contribution in [0, 0.1) is 5.92 Å². The lowest BCUT2D eigenvalue weighted by molar-refractivity contribution is 0.0515. The lowest BCUT2D eigenvalue weighted by Crippen LogP contribution is -2.38. The predicted molar refractivity (Wildman–Crippen MR) is 73.1 cm³/mol. The number of carbonyl (C=O) groups excluding carboxylic acids is 1. The van der Waals surface area contributed by atoms with Crippen LogP contribution >= 0.6 is 0 Å². The smallest absolute Gasteiger partial charge is 0.407 e. The molecule has 0 unspecified atom stereocenters.